The minimum Gasteiger partial charge on any atom is -0.466 e. The van der Waals surface area contributed by atoms with Crippen molar-refractivity contribution in [3.8, 4) is 6.07 Å². The van der Waals surface area contributed by atoms with Crippen LogP contribution in [0.1, 0.15) is 37.8 Å². The van der Waals surface area contributed by atoms with Crippen LogP contribution in [0, 0.1) is 11.3 Å². The highest BCUT2D eigenvalue weighted by Crippen LogP contribution is 2.39. The predicted octanol–water partition coefficient (Wildman–Crippen LogP) is 2.53. The molecule has 0 saturated heterocycles. The van der Waals surface area contributed by atoms with Crippen molar-refractivity contribution >= 4 is 11.9 Å². The maximum absolute atomic E-state index is 12.6. The molecule has 0 bridgehead atoms. The topological polar surface area (TPSA) is 88.4 Å². The molecule has 130 valence electrons. The number of benzene rings is 1. The van der Waals surface area contributed by atoms with E-state index in [-0.39, 0.29) is 6.61 Å². The minimum atomic E-state index is -0.666. The van der Waals surface area contributed by atoms with E-state index in [4.69, 9.17) is 9.47 Å². The van der Waals surface area contributed by atoms with Crippen molar-refractivity contribution in [3.63, 3.8) is 0 Å². The summed E-state index contributed by atoms with van der Waals surface area (Å²) in [4.78, 5) is 24.9. The Morgan fingerprint density at radius 1 is 1.20 bits per heavy atom. The first-order valence-electron chi connectivity index (χ1n) is 7.88. The molecule has 0 fully saturated rings. The van der Waals surface area contributed by atoms with E-state index in [2.05, 4.69) is 11.4 Å². The zero-order chi connectivity index (χ0) is 18.6. The molecule has 1 aliphatic heterocycles. The van der Waals surface area contributed by atoms with Crippen LogP contribution in [0.3, 0.4) is 0 Å². The first-order valence-corrected chi connectivity index (χ1v) is 7.88. The van der Waals surface area contributed by atoms with Gasteiger partial charge in [0.15, 0.2) is 0 Å². The molecule has 0 spiro atoms. The zero-order valence-corrected chi connectivity index (χ0v) is 14.7. The van der Waals surface area contributed by atoms with Gasteiger partial charge in [-0.05, 0) is 38.5 Å². The molecular formula is C19H20N2O4. The molecular weight excluding hydrogens is 320 g/mol. The third-order valence-corrected chi connectivity index (χ3v) is 4.01. The Hall–Kier alpha value is -3.07. The van der Waals surface area contributed by atoms with Gasteiger partial charge in [-0.3, -0.25) is 0 Å². The summed E-state index contributed by atoms with van der Waals surface area (Å²) >= 11 is 0. The average molecular weight is 340 g/mol. The number of allylic oxidation sites excluding steroid dienone is 2. The van der Waals surface area contributed by atoms with E-state index in [1.165, 1.54) is 7.11 Å². The van der Waals surface area contributed by atoms with Crippen LogP contribution in [-0.2, 0) is 19.1 Å². The van der Waals surface area contributed by atoms with Gasteiger partial charge in [0.05, 0.1) is 42.4 Å². The molecule has 1 N–H and O–H groups in total. The molecule has 0 aliphatic carbocycles. The number of nitrogens with zero attached hydrogens (tertiary/aromatic N) is 1. The number of carbonyl (C=O) groups is 2. The summed E-state index contributed by atoms with van der Waals surface area (Å²) in [6.07, 6.45) is 0. The van der Waals surface area contributed by atoms with Crippen molar-refractivity contribution in [2.75, 3.05) is 13.7 Å². The van der Waals surface area contributed by atoms with Gasteiger partial charge in [0.1, 0.15) is 0 Å². The van der Waals surface area contributed by atoms with E-state index in [1.807, 2.05) is 0 Å². The van der Waals surface area contributed by atoms with Crippen LogP contribution in [0.2, 0.25) is 0 Å². The van der Waals surface area contributed by atoms with E-state index >= 15 is 0 Å². The number of hydrogen-bond acceptors (Lipinski definition) is 6. The quantitative estimate of drug-likeness (QED) is 0.847. The Labute approximate surface area is 146 Å². The molecule has 0 aromatic heterocycles. The van der Waals surface area contributed by atoms with Gasteiger partial charge in [0.2, 0.25) is 0 Å². The van der Waals surface area contributed by atoms with Crippen LogP contribution < -0.4 is 5.32 Å². The number of esters is 2. The number of ether oxygens (including phenoxy) is 2. The fourth-order valence-electron chi connectivity index (χ4n) is 2.98. The Morgan fingerprint density at radius 3 is 2.40 bits per heavy atom. The summed E-state index contributed by atoms with van der Waals surface area (Å²) in [7, 11) is 1.29. The van der Waals surface area contributed by atoms with Crippen molar-refractivity contribution in [1.29, 1.82) is 5.26 Å². The standard InChI is InChI=1S/C19H20N2O4/c1-5-25-19(23)16-12(3)21-11(2)15(18(22)24-4)17(16)14-8-6-7-13(9-14)10-20/h6-9,17,21H,5H2,1-4H3. The summed E-state index contributed by atoms with van der Waals surface area (Å²) in [5, 5.41) is 12.2. The Morgan fingerprint density at radius 2 is 1.84 bits per heavy atom. The van der Waals surface area contributed by atoms with Gasteiger partial charge in [0, 0.05) is 11.4 Å². The maximum atomic E-state index is 12.6. The molecule has 25 heavy (non-hydrogen) atoms. The van der Waals surface area contributed by atoms with Crippen molar-refractivity contribution in [2.45, 2.75) is 26.7 Å². The van der Waals surface area contributed by atoms with Crippen LogP contribution in [0.5, 0.6) is 0 Å². The molecule has 1 heterocycles. The summed E-state index contributed by atoms with van der Waals surface area (Å²) in [5.74, 6) is -1.71. The van der Waals surface area contributed by atoms with Crippen LogP contribution in [0.25, 0.3) is 0 Å². The molecule has 1 aliphatic rings. The number of rotatable bonds is 4. The summed E-state index contributed by atoms with van der Waals surface area (Å²) in [5.41, 5.74) is 2.97. The molecule has 1 unspecified atom stereocenters. The van der Waals surface area contributed by atoms with Gasteiger partial charge in [-0.1, -0.05) is 12.1 Å². The lowest BCUT2D eigenvalue weighted by Gasteiger charge is -2.30. The lowest BCUT2D eigenvalue weighted by molar-refractivity contribution is -0.139. The van der Waals surface area contributed by atoms with Crippen LogP contribution in [0.4, 0.5) is 0 Å². The van der Waals surface area contributed by atoms with E-state index in [9.17, 15) is 14.9 Å². The molecule has 1 aromatic carbocycles. The normalized spacial score (nSPS) is 16.8. The molecule has 6 nitrogen and oxygen atoms in total. The van der Waals surface area contributed by atoms with Gasteiger partial charge < -0.3 is 14.8 Å². The predicted molar refractivity (Wildman–Crippen MR) is 91.1 cm³/mol. The van der Waals surface area contributed by atoms with E-state index < -0.39 is 17.9 Å². The third kappa shape index (κ3) is 3.56. The van der Waals surface area contributed by atoms with E-state index in [0.29, 0.717) is 33.7 Å². The van der Waals surface area contributed by atoms with Crippen LogP contribution >= 0.6 is 0 Å². The summed E-state index contributed by atoms with van der Waals surface area (Å²) in [6.45, 7) is 5.44. The average Bonchev–Trinajstić information content (AvgIpc) is 2.60. The van der Waals surface area contributed by atoms with Crippen molar-refractivity contribution in [3.05, 3.63) is 57.9 Å². The first-order chi connectivity index (χ1) is 11.9. The summed E-state index contributed by atoms with van der Waals surface area (Å²) in [6, 6.07) is 8.91. The SMILES string of the molecule is CCOC(=O)C1=C(C)NC(C)=C(C(=O)OC)C1c1cccc(C#N)c1. The van der Waals surface area contributed by atoms with Crippen LogP contribution in [-0.4, -0.2) is 25.7 Å². The minimum absolute atomic E-state index is 0.219. The lowest BCUT2D eigenvalue weighted by atomic mass is 9.80. The molecule has 6 heteroatoms. The number of hydrogen-bond donors (Lipinski definition) is 1. The number of nitriles is 1. The molecule has 0 saturated carbocycles. The molecule has 0 amide bonds. The number of dihydropyridines is 1. The zero-order valence-electron chi connectivity index (χ0n) is 14.7. The largest absolute Gasteiger partial charge is 0.466 e. The highest BCUT2D eigenvalue weighted by atomic mass is 16.5. The number of methoxy groups -OCH3 is 1. The van der Waals surface area contributed by atoms with Gasteiger partial charge in [-0.15, -0.1) is 0 Å². The fourth-order valence-corrected chi connectivity index (χ4v) is 2.98. The Kier molecular flexibility index (Phi) is 5.60. The smallest absolute Gasteiger partial charge is 0.336 e. The molecule has 1 atom stereocenters. The highest BCUT2D eigenvalue weighted by Gasteiger charge is 2.37. The van der Waals surface area contributed by atoms with Crippen molar-refractivity contribution in [1.82, 2.24) is 5.32 Å². The monoisotopic (exact) mass is 340 g/mol. The Balaban J connectivity index is 2.69. The van der Waals surface area contributed by atoms with E-state index in [0.717, 1.165) is 0 Å². The maximum Gasteiger partial charge on any atom is 0.336 e. The van der Waals surface area contributed by atoms with Crippen molar-refractivity contribution in [2.24, 2.45) is 0 Å². The van der Waals surface area contributed by atoms with Crippen LogP contribution in [0.15, 0.2) is 46.8 Å². The second-order valence-electron chi connectivity index (χ2n) is 5.58. The van der Waals surface area contributed by atoms with E-state index in [1.54, 1.807) is 45.0 Å². The second kappa shape index (κ2) is 7.67. The highest BCUT2D eigenvalue weighted by molar-refractivity contribution is 5.99. The molecule has 0 radical (unpaired) electrons. The molecule has 1 aromatic rings. The second-order valence-corrected chi connectivity index (χ2v) is 5.58. The Bertz CT molecular complexity index is 815. The number of nitrogens with one attached hydrogen (secondary N) is 1. The lowest BCUT2D eigenvalue weighted by Crippen LogP contribution is -2.32. The number of carbonyl (C=O) groups excluding carboxylic acids is 2. The molecule has 2 rings (SSSR count). The fraction of sp³-hybridized carbons (Fsp3) is 0.316. The first kappa shape index (κ1) is 18.3. The summed E-state index contributed by atoms with van der Waals surface area (Å²) < 4.78 is 10.1. The van der Waals surface area contributed by atoms with Gasteiger partial charge in [0.25, 0.3) is 0 Å². The van der Waals surface area contributed by atoms with Gasteiger partial charge in [-0.2, -0.15) is 5.26 Å². The van der Waals surface area contributed by atoms with Gasteiger partial charge >= 0.3 is 11.9 Å². The van der Waals surface area contributed by atoms with Gasteiger partial charge in [-0.25, -0.2) is 9.59 Å². The third-order valence-electron chi connectivity index (χ3n) is 4.01. The van der Waals surface area contributed by atoms with Crippen molar-refractivity contribution < 1.29 is 19.1 Å².